The fourth-order valence-electron chi connectivity index (χ4n) is 3.49. The van der Waals surface area contributed by atoms with Crippen molar-refractivity contribution in [1.29, 1.82) is 5.41 Å². The van der Waals surface area contributed by atoms with E-state index in [9.17, 15) is 9.18 Å². The van der Waals surface area contributed by atoms with Crippen molar-refractivity contribution in [2.45, 2.75) is 19.5 Å². The van der Waals surface area contributed by atoms with E-state index in [2.05, 4.69) is 9.97 Å². The van der Waals surface area contributed by atoms with Gasteiger partial charge in [-0.3, -0.25) is 14.3 Å². The first-order valence-electron chi connectivity index (χ1n) is 9.22. The molecule has 0 amide bonds. The lowest BCUT2D eigenvalue weighted by Crippen LogP contribution is -2.32. The highest BCUT2D eigenvalue weighted by Crippen LogP contribution is 2.26. The molecule has 7 heteroatoms. The maximum atomic E-state index is 14.8. The van der Waals surface area contributed by atoms with Crippen molar-refractivity contribution < 1.29 is 4.39 Å². The van der Waals surface area contributed by atoms with Crippen molar-refractivity contribution in [3.05, 3.63) is 88.5 Å². The molecule has 0 aliphatic heterocycles. The van der Waals surface area contributed by atoms with Gasteiger partial charge in [-0.25, -0.2) is 9.37 Å². The molecule has 0 radical (unpaired) electrons. The molecule has 146 valence electrons. The van der Waals surface area contributed by atoms with Crippen LogP contribution in [0.15, 0.2) is 66.0 Å². The summed E-state index contributed by atoms with van der Waals surface area (Å²) in [5.74, 6) is -0.539. The number of nitrogens with zero attached hydrogens (tertiary/aromatic N) is 3. The summed E-state index contributed by atoms with van der Waals surface area (Å²) in [7, 11) is 0. The molecule has 0 bridgehead atoms. The molecule has 2 aromatic heterocycles. The second-order valence-electron chi connectivity index (χ2n) is 7.14. The smallest absolute Gasteiger partial charge is 0.261 e. The average Bonchev–Trinajstić information content (AvgIpc) is 2.71. The Hall–Kier alpha value is -3.45. The lowest BCUT2D eigenvalue weighted by atomic mass is 9.87. The molecule has 0 spiro atoms. The maximum Gasteiger partial charge on any atom is 0.261 e. The van der Waals surface area contributed by atoms with E-state index in [0.717, 1.165) is 5.57 Å². The van der Waals surface area contributed by atoms with E-state index in [1.165, 1.54) is 29.4 Å². The van der Waals surface area contributed by atoms with Crippen LogP contribution in [0, 0.1) is 17.1 Å². The van der Waals surface area contributed by atoms with Crippen LogP contribution >= 0.6 is 0 Å². The van der Waals surface area contributed by atoms with Gasteiger partial charge in [0.15, 0.2) is 0 Å². The summed E-state index contributed by atoms with van der Waals surface area (Å²) in [6.07, 6.45) is 10.1. The maximum absolute atomic E-state index is 14.8. The highest BCUT2D eigenvalue weighted by Gasteiger charge is 2.20. The lowest BCUT2D eigenvalue weighted by Gasteiger charge is -2.22. The number of nitrogens with one attached hydrogen (secondary N) is 1. The molecular formula is C22H20FN5O. The van der Waals surface area contributed by atoms with Gasteiger partial charge in [0.25, 0.3) is 5.56 Å². The van der Waals surface area contributed by atoms with Crippen molar-refractivity contribution in [2.75, 3.05) is 0 Å². The molecule has 6 nitrogen and oxygen atoms in total. The van der Waals surface area contributed by atoms with Gasteiger partial charge in [-0.2, -0.15) is 0 Å². The minimum Gasteiger partial charge on any atom is -0.324 e. The van der Waals surface area contributed by atoms with E-state index in [-0.39, 0.29) is 24.1 Å². The Morgan fingerprint density at radius 2 is 2.17 bits per heavy atom. The summed E-state index contributed by atoms with van der Waals surface area (Å²) in [5, 5.41) is 8.22. The molecule has 1 aromatic carbocycles. The Kier molecular flexibility index (Phi) is 4.90. The molecule has 1 aliphatic rings. The minimum absolute atomic E-state index is 0.0830. The number of hydrogen-bond donors (Lipinski definition) is 2. The van der Waals surface area contributed by atoms with Crippen LogP contribution in [0.5, 0.6) is 0 Å². The predicted octanol–water partition coefficient (Wildman–Crippen LogP) is 2.92. The molecule has 0 fully saturated rings. The van der Waals surface area contributed by atoms with Gasteiger partial charge < -0.3 is 11.1 Å². The summed E-state index contributed by atoms with van der Waals surface area (Å²) in [6, 6.07) is 6.21. The van der Waals surface area contributed by atoms with Crippen LogP contribution in [0.3, 0.4) is 0 Å². The van der Waals surface area contributed by atoms with Gasteiger partial charge in [0.1, 0.15) is 5.82 Å². The fraction of sp³-hybridized carbons (Fsp3) is 0.182. The number of rotatable bonds is 4. The topological polar surface area (TPSA) is 97.6 Å². The first kappa shape index (κ1) is 18.9. The van der Waals surface area contributed by atoms with Crippen molar-refractivity contribution >= 4 is 22.2 Å². The van der Waals surface area contributed by atoms with Crippen LogP contribution in [0.1, 0.15) is 18.1 Å². The van der Waals surface area contributed by atoms with Gasteiger partial charge >= 0.3 is 0 Å². The summed E-state index contributed by atoms with van der Waals surface area (Å²) < 4.78 is 16.2. The number of halogens is 1. The van der Waals surface area contributed by atoms with Crippen molar-refractivity contribution in [3.63, 3.8) is 0 Å². The zero-order valence-corrected chi connectivity index (χ0v) is 15.8. The molecule has 3 aromatic rings. The molecule has 3 N–H and O–H groups in total. The molecule has 1 aliphatic carbocycles. The average molecular weight is 389 g/mol. The molecule has 2 unspecified atom stereocenters. The van der Waals surface area contributed by atoms with Gasteiger partial charge in [-0.15, -0.1) is 0 Å². The zero-order chi connectivity index (χ0) is 20.5. The molecule has 29 heavy (non-hydrogen) atoms. The van der Waals surface area contributed by atoms with Gasteiger partial charge in [-0.05, 0) is 30.2 Å². The van der Waals surface area contributed by atoms with Gasteiger partial charge in [0.2, 0.25) is 0 Å². The second-order valence-corrected chi connectivity index (χ2v) is 7.14. The molecule has 0 saturated heterocycles. The van der Waals surface area contributed by atoms with Crippen molar-refractivity contribution in [3.8, 4) is 0 Å². The van der Waals surface area contributed by atoms with Crippen molar-refractivity contribution in [2.24, 2.45) is 11.7 Å². The summed E-state index contributed by atoms with van der Waals surface area (Å²) in [5.41, 5.74) is 8.81. The van der Waals surface area contributed by atoms with E-state index in [0.29, 0.717) is 27.7 Å². The van der Waals surface area contributed by atoms with Crippen LogP contribution in [0.25, 0.3) is 16.5 Å². The van der Waals surface area contributed by atoms with E-state index >= 15 is 0 Å². The SMILES string of the molecule is CC(=N)C1C=CC(c2ccc(Cn3cnc4cnccc4c3=O)c(F)c2)=CC1N. The third kappa shape index (κ3) is 3.64. The Balaban J connectivity index is 1.61. The van der Waals surface area contributed by atoms with Crippen LogP contribution in [-0.4, -0.2) is 26.3 Å². The molecular weight excluding hydrogens is 369 g/mol. The fourth-order valence-corrected chi connectivity index (χ4v) is 3.49. The largest absolute Gasteiger partial charge is 0.324 e. The zero-order valence-electron chi connectivity index (χ0n) is 15.8. The van der Waals surface area contributed by atoms with Crippen LogP contribution < -0.4 is 11.3 Å². The van der Waals surface area contributed by atoms with Crippen LogP contribution in [-0.2, 0) is 6.54 Å². The molecule has 2 heterocycles. The standard InChI is InChI=1S/C22H20FN5O/c1-13(24)17-5-4-15(9-20(17)25)14-2-3-16(19(23)8-14)11-28-12-27-21-10-26-7-6-18(21)22(28)29/h2-10,12,17,20,24H,11,25H2,1H3. The molecule has 2 atom stereocenters. The van der Waals surface area contributed by atoms with E-state index in [1.54, 1.807) is 19.1 Å². The van der Waals surface area contributed by atoms with Gasteiger partial charge in [-0.1, -0.05) is 30.4 Å². The van der Waals surface area contributed by atoms with E-state index < -0.39 is 5.82 Å². The van der Waals surface area contributed by atoms with Crippen LogP contribution in [0.4, 0.5) is 4.39 Å². The highest BCUT2D eigenvalue weighted by molar-refractivity contribution is 5.87. The second kappa shape index (κ2) is 7.52. The predicted molar refractivity (Wildman–Crippen MR) is 111 cm³/mol. The summed E-state index contributed by atoms with van der Waals surface area (Å²) in [4.78, 5) is 20.8. The molecule has 0 saturated carbocycles. The van der Waals surface area contributed by atoms with Gasteiger partial charge in [0, 0.05) is 29.4 Å². The number of hydrogen-bond acceptors (Lipinski definition) is 5. The number of allylic oxidation sites excluding steroid dienone is 2. The summed E-state index contributed by atoms with van der Waals surface area (Å²) >= 11 is 0. The van der Waals surface area contributed by atoms with E-state index in [4.69, 9.17) is 11.1 Å². The highest BCUT2D eigenvalue weighted by atomic mass is 19.1. The number of aromatic nitrogens is 3. The Bertz CT molecular complexity index is 1230. The van der Waals surface area contributed by atoms with Gasteiger partial charge in [0.05, 0.1) is 30.0 Å². The first-order valence-corrected chi connectivity index (χ1v) is 9.22. The van der Waals surface area contributed by atoms with Crippen molar-refractivity contribution in [1.82, 2.24) is 14.5 Å². The minimum atomic E-state index is -0.405. The Morgan fingerprint density at radius 3 is 2.90 bits per heavy atom. The quantitative estimate of drug-likeness (QED) is 0.671. The number of pyridine rings is 1. The lowest BCUT2D eigenvalue weighted by molar-refractivity contribution is 0.595. The number of fused-ring (bicyclic) bond motifs is 1. The van der Waals surface area contributed by atoms with Crippen LogP contribution in [0.2, 0.25) is 0 Å². The first-order chi connectivity index (χ1) is 13.9. The Morgan fingerprint density at radius 1 is 1.34 bits per heavy atom. The molecule has 4 rings (SSSR count). The normalized spacial score (nSPS) is 18.7. The van der Waals surface area contributed by atoms with E-state index in [1.807, 2.05) is 24.3 Å². The Labute approximate surface area is 166 Å². The number of benzene rings is 1. The third-order valence-electron chi connectivity index (χ3n) is 5.12. The third-order valence-corrected chi connectivity index (χ3v) is 5.12. The monoisotopic (exact) mass is 389 g/mol. The number of nitrogens with two attached hydrogens (primary N) is 1. The summed E-state index contributed by atoms with van der Waals surface area (Å²) in [6.45, 7) is 1.81.